The number of carbonyl (C=O) groups is 1. The van der Waals surface area contributed by atoms with Gasteiger partial charge in [0.05, 0.1) is 25.6 Å². The largest absolute Gasteiger partial charge is 0.474 e. The number of ether oxygens (including phenoxy) is 3. The Labute approximate surface area is 192 Å². The molecule has 9 nitrogen and oxygen atoms in total. The predicted molar refractivity (Wildman–Crippen MR) is 113 cm³/mol. The number of benzene rings is 1. The summed E-state index contributed by atoms with van der Waals surface area (Å²) in [5.74, 6) is -2.03. The molecule has 0 saturated heterocycles. The summed E-state index contributed by atoms with van der Waals surface area (Å²) in [5.41, 5.74) is 1.26. The van der Waals surface area contributed by atoms with E-state index in [2.05, 4.69) is 20.3 Å². The van der Waals surface area contributed by atoms with Gasteiger partial charge in [0.1, 0.15) is 29.5 Å². The zero-order chi connectivity index (χ0) is 25.1. The molecule has 13 heteroatoms. The highest BCUT2D eigenvalue weighted by molar-refractivity contribution is 6.02. The maximum Gasteiger partial charge on any atom is 0.424 e. The van der Waals surface area contributed by atoms with Gasteiger partial charge in [0, 0.05) is 18.4 Å². The lowest BCUT2D eigenvalue weighted by atomic mass is 9.89. The number of carbonyl (C=O) groups excluding carboxylic acids is 1. The van der Waals surface area contributed by atoms with Crippen LogP contribution in [0.25, 0.3) is 0 Å². The van der Waals surface area contributed by atoms with E-state index < -0.39 is 41.5 Å². The molecular formula is C21H23F4N5O4. The zero-order valence-corrected chi connectivity index (χ0v) is 18.6. The molecule has 3 rings (SSSR count). The molecule has 34 heavy (non-hydrogen) atoms. The van der Waals surface area contributed by atoms with Crippen LogP contribution in [0, 0.1) is 5.82 Å². The number of hydrogen-bond donors (Lipinski definition) is 2. The number of nitrogens with one attached hydrogen (secondary N) is 1. The molecule has 1 aromatic heterocycles. The van der Waals surface area contributed by atoms with Crippen LogP contribution < -0.4 is 15.8 Å². The molecule has 0 saturated carbocycles. The molecular weight excluding hydrogens is 462 g/mol. The Hall–Kier alpha value is -3.32. The number of anilines is 1. The molecule has 1 aliphatic rings. The minimum absolute atomic E-state index is 0.0413. The Bertz CT molecular complexity index is 1080. The molecule has 1 aliphatic heterocycles. The minimum atomic E-state index is -4.80. The molecule has 2 heterocycles. The highest BCUT2D eigenvalue weighted by Gasteiger charge is 2.59. The van der Waals surface area contributed by atoms with Crippen molar-refractivity contribution in [2.24, 2.45) is 10.7 Å². The quantitative estimate of drug-likeness (QED) is 0.457. The van der Waals surface area contributed by atoms with Crippen molar-refractivity contribution in [1.29, 1.82) is 0 Å². The number of aliphatic imine (C=N–C) groups is 1. The van der Waals surface area contributed by atoms with Crippen molar-refractivity contribution in [3.63, 3.8) is 0 Å². The van der Waals surface area contributed by atoms with Crippen LogP contribution in [0.3, 0.4) is 0 Å². The first-order chi connectivity index (χ1) is 15.9. The van der Waals surface area contributed by atoms with Crippen LogP contribution in [0.4, 0.5) is 23.2 Å². The monoisotopic (exact) mass is 485 g/mol. The van der Waals surface area contributed by atoms with Gasteiger partial charge >= 0.3 is 6.18 Å². The summed E-state index contributed by atoms with van der Waals surface area (Å²) in [6.07, 6.45) is -2.35. The molecule has 0 fully saturated rings. The van der Waals surface area contributed by atoms with Gasteiger partial charge in [-0.2, -0.15) is 13.2 Å². The van der Waals surface area contributed by atoms with E-state index in [0.29, 0.717) is 6.61 Å². The van der Waals surface area contributed by atoms with Gasteiger partial charge in [-0.3, -0.25) is 9.79 Å². The van der Waals surface area contributed by atoms with Crippen molar-refractivity contribution in [3.05, 3.63) is 47.7 Å². The Morgan fingerprint density at radius 1 is 1.24 bits per heavy atom. The maximum atomic E-state index is 14.6. The summed E-state index contributed by atoms with van der Waals surface area (Å²) in [4.78, 5) is 24.4. The lowest BCUT2D eigenvalue weighted by molar-refractivity contribution is -0.249. The van der Waals surface area contributed by atoms with Crippen LogP contribution in [0.5, 0.6) is 5.88 Å². The number of nitrogens with zero attached hydrogens (tertiary/aromatic N) is 3. The standard InChI is InChI=1S/C21H23F4N5O4/c1-19(11-34-20(2,18(26)30-19)21(23,24)25)13-8-12(4-5-14(13)22)29-17(31)15-9-28-16(10-27-15)33-7-6-32-3/h4-5,8-10H,6-7,11H2,1-3H3,(H2,26,30)(H,29,31)/t19-,20+/m0/s1. The normalized spacial score (nSPS) is 22.7. The Kier molecular flexibility index (Phi) is 7.07. The average molecular weight is 485 g/mol. The fraction of sp³-hybridized carbons (Fsp3) is 0.429. The maximum absolute atomic E-state index is 14.6. The number of amidine groups is 1. The molecule has 0 spiro atoms. The molecule has 0 aliphatic carbocycles. The molecule has 1 amide bonds. The van der Waals surface area contributed by atoms with E-state index in [1.165, 1.54) is 38.6 Å². The molecule has 2 aromatic rings. The summed E-state index contributed by atoms with van der Waals surface area (Å²) >= 11 is 0. The number of hydrogen-bond acceptors (Lipinski definition) is 8. The van der Waals surface area contributed by atoms with Crippen LogP contribution in [0.1, 0.15) is 29.9 Å². The van der Waals surface area contributed by atoms with Gasteiger partial charge in [-0.05, 0) is 32.0 Å². The number of methoxy groups -OCH3 is 1. The van der Waals surface area contributed by atoms with Gasteiger partial charge in [-0.25, -0.2) is 14.4 Å². The Balaban J connectivity index is 1.80. The molecule has 1 aromatic carbocycles. The number of aromatic nitrogens is 2. The van der Waals surface area contributed by atoms with Crippen molar-refractivity contribution in [1.82, 2.24) is 9.97 Å². The van der Waals surface area contributed by atoms with E-state index in [4.69, 9.17) is 19.9 Å². The van der Waals surface area contributed by atoms with Crippen molar-refractivity contribution in [2.45, 2.75) is 31.2 Å². The number of rotatable bonds is 7. The van der Waals surface area contributed by atoms with E-state index in [-0.39, 0.29) is 29.4 Å². The summed E-state index contributed by atoms with van der Waals surface area (Å²) in [7, 11) is 1.52. The third kappa shape index (κ3) is 5.09. The molecule has 3 N–H and O–H groups in total. The molecule has 184 valence electrons. The van der Waals surface area contributed by atoms with Crippen LogP contribution in [-0.4, -0.2) is 60.4 Å². The van der Waals surface area contributed by atoms with Crippen molar-refractivity contribution in [3.8, 4) is 5.88 Å². The summed E-state index contributed by atoms with van der Waals surface area (Å²) in [6, 6.07) is 3.59. The first-order valence-electron chi connectivity index (χ1n) is 10.0. The van der Waals surface area contributed by atoms with Gasteiger partial charge in [-0.15, -0.1) is 0 Å². The lowest BCUT2D eigenvalue weighted by Crippen LogP contribution is -2.60. The van der Waals surface area contributed by atoms with E-state index in [1.807, 2.05) is 0 Å². The summed E-state index contributed by atoms with van der Waals surface area (Å²) in [5, 5.41) is 2.54. The second-order valence-corrected chi connectivity index (χ2v) is 7.82. The third-order valence-electron chi connectivity index (χ3n) is 5.24. The first-order valence-corrected chi connectivity index (χ1v) is 10.0. The summed E-state index contributed by atoms with van der Waals surface area (Å²) in [6.45, 7) is 2.16. The third-order valence-corrected chi connectivity index (χ3v) is 5.24. The lowest BCUT2D eigenvalue weighted by Gasteiger charge is -2.41. The van der Waals surface area contributed by atoms with Crippen molar-refractivity contribution in [2.75, 3.05) is 32.2 Å². The van der Waals surface area contributed by atoms with Crippen LogP contribution in [0.15, 0.2) is 35.6 Å². The van der Waals surface area contributed by atoms with E-state index >= 15 is 0 Å². The van der Waals surface area contributed by atoms with Crippen molar-refractivity contribution >= 4 is 17.4 Å². The van der Waals surface area contributed by atoms with E-state index in [1.54, 1.807) is 0 Å². The van der Waals surface area contributed by atoms with Crippen LogP contribution in [0.2, 0.25) is 0 Å². The number of nitrogens with two attached hydrogens (primary N) is 1. The van der Waals surface area contributed by atoms with Crippen molar-refractivity contribution < 1.29 is 36.6 Å². The summed E-state index contributed by atoms with van der Waals surface area (Å²) < 4.78 is 69.8. The topological polar surface area (TPSA) is 121 Å². The average Bonchev–Trinajstić information content (AvgIpc) is 2.77. The van der Waals surface area contributed by atoms with Crippen LogP contribution in [-0.2, 0) is 15.0 Å². The van der Waals surface area contributed by atoms with Gasteiger partial charge in [-0.1, -0.05) is 0 Å². The smallest absolute Gasteiger partial charge is 0.424 e. The SMILES string of the molecule is COCCOc1cnc(C(=O)Nc2ccc(F)c([C@]3(C)CO[C@@](C)(C(F)(F)F)C(N)=N3)c2)cn1. The Morgan fingerprint density at radius 3 is 2.56 bits per heavy atom. The van der Waals surface area contributed by atoms with Gasteiger partial charge in [0.15, 0.2) is 0 Å². The number of alkyl halides is 3. The predicted octanol–water partition coefficient (Wildman–Crippen LogP) is 2.82. The molecule has 0 bridgehead atoms. The number of halogens is 4. The molecule has 0 unspecified atom stereocenters. The van der Waals surface area contributed by atoms with Gasteiger partial charge < -0.3 is 25.3 Å². The highest BCUT2D eigenvalue weighted by atomic mass is 19.4. The second-order valence-electron chi connectivity index (χ2n) is 7.82. The van der Waals surface area contributed by atoms with Gasteiger partial charge in [0.25, 0.3) is 5.91 Å². The second kappa shape index (κ2) is 9.50. The Morgan fingerprint density at radius 2 is 1.97 bits per heavy atom. The first kappa shape index (κ1) is 25.3. The fourth-order valence-corrected chi connectivity index (χ4v) is 3.08. The van der Waals surface area contributed by atoms with Crippen LogP contribution >= 0.6 is 0 Å². The van der Waals surface area contributed by atoms with E-state index in [9.17, 15) is 22.4 Å². The minimum Gasteiger partial charge on any atom is -0.474 e. The highest BCUT2D eigenvalue weighted by Crippen LogP contribution is 2.41. The zero-order valence-electron chi connectivity index (χ0n) is 18.6. The van der Waals surface area contributed by atoms with E-state index in [0.717, 1.165) is 13.0 Å². The molecule has 2 atom stereocenters. The molecule has 0 radical (unpaired) electrons. The fourth-order valence-electron chi connectivity index (χ4n) is 3.08. The number of amides is 1. The van der Waals surface area contributed by atoms with Gasteiger partial charge in [0.2, 0.25) is 11.5 Å².